The van der Waals surface area contributed by atoms with Gasteiger partial charge in [-0.15, -0.1) is 0 Å². The Bertz CT molecular complexity index is 1690. The zero-order valence-electron chi connectivity index (χ0n) is 22.5. The molecular weight excluding hydrogens is 521 g/mol. The summed E-state index contributed by atoms with van der Waals surface area (Å²) in [5.41, 5.74) is 9.78. The summed E-state index contributed by atoms with van der Waals surface area (Å²) in [6, 6.07) is 14.3. The zero-order valence-corrected chi connectivity index (χ0v) is 22.5. The SMILES string of the molecule is O=c1c(NNC2C3CC4CC2CC(C(O)CC2c5ccccc5-c5cncn52)(C4)C3)c(Nc2ccc(F)cc2)c1=O. The first-order valence-corrected chi connectivity index (χ1v) is 14.6. The number of aliphatic hydroxyl groups excluding tert-OH is 1. The molecule has 8 nitrogen and oxygen atoms in total. The molecule has 0 amide bonds. The van der Waals surface area contributed by atoms with Crippen molar-refractivity contribution in [2.24, 2.45) is 23.2 Å². The van der Waals surface area contributed by atoms with Gasteiger partial charge >= 0.3 is 0 Å². The van der Waals surface area contributed by atoms with Crippen molar-refractivity contribution < 1.29 is 9.50 Å². The third-order valence-electron chi connectivity index (χ3n) is 10.5. The van der Waals surface area contributed by atoms with Gasteiger partial charge in [0, 0.05) is 17.3 Å². The van der Waals surface area contributed by atoms with Crippen LogP contribution < -0.4 is 27.0 Å². The lowest BCUT2D eigenvalue weighted by Crippen LogP contribution is -2.62. The number of imidazole rings is 1. The van der Waals surface area contributed by atoms with Crippen LogP contribution >= 0.6 is 0 Å². The first-order chi connectivity index (χ1) is 19.9. The zero-order chi connectivity index (χ0) is 27.9. The maximum Gasteiger partial charge on any atom is 0.254 e. The molecule has 4 saturated carbocycles. The molecule has 0 radical (unpaired) electrons. The van der Waals surface area contributed by atoms with E-state index in [1.807, 2.05) is 12.5 Å². The predicted molar refractivity (Wildman–Crippen MR) is 154 cm³/mol. The molecule has 41 heavy (non-hydrogen) atoms. The van der Waals surface area contributed by atoms with Crippen LogP contribution in [0.5, 0.6) is 0 Å². The second-order valence-electron chi connectivity index (χ2n) is 12.7. The summed E-state index contributed by atoms with van der Waals surface area (Å²) >= 11 is 0. The van der Waals surface area contributed by atoms with Gasteiger partial charge in [0.25, 0.3) is 10.9 Å². The highest BCUT2D eigenvalue weighted by Crippen LogP contribution is 2.62. The third-order valence-corrected chi connectivity index (χ3v) is 10.5. The highest BCUT2D eigenvalue weighted by Gasteiger charge is 2.58. The van der Waals surface area contributed by atoms with Crippen LogP contribution in [0.4, 0.5) is 21.5 Å². The lowest BCUT2D eigenvalue weighted by Gasteiger charge is -2.61. The summed E-state index contributed by atoms with van der Waals surface area (Å²) < 4.78 is 15.5. The van der Waals surface area contributed by atoms with Crippen molar-refractivity contribution in [3.63, 3.8) is 0 Å². The van der Waals surface area contributed by atoms with E-state index < -0.39 is 17.0 Å². The van der Waals surface area contributed by atoms with Crippen molar-refractivity contribution in [1.82, 2.24) is 15.0 Å². The number of aliphatic hydroxyl groups is 1. The van der Waals surface area contributed by atoms with E-state index in [9.17, 15) is 19.1 Å². The molecule has 4 bridgehead atoms. The van der Waals surface area contributed by atoms with Gasteiger partial charge in [0.15, 0.2) is 0 Å². The summed E-state index contributed by atoms with van der Waals surface area (Å²) in [5.74, 6) is 0.984. The maximum atomic E-state index is 13.3. The van der Waals surface area contributed by atoms with Gasteiger partial charge in [-0.05, 0) is 91.5 Å². The number of nitrogens with zero attached hydrogens (tertiary/aromatic N) is 2. The van der Waals surface area contributed by atoms with Gasteiger partial charge in [-0.1, -0.05) is 24.3 Å². The van der Waals surface area contributed by atoms with Crippen LogP contribution in [0.15, 0.2) is 70.6 Å². The van der Waals surface area contributed by atoms with E-state index in [2.05, 4.69) is 50.0 Å². The molecule has 5 aliphatic rings. The second-order valence-corrected chi connectivity index (χ2v) is 12.7. The quantitative estimate of drug-likeness (QED) is 0.188. The van der Waals surface area contributed by atoms with Gasteiger partial charge in [0.05, 0.1) is 30.4 Å². The molecule has 4 atom stereocenters. The first kappa shape index (κ1) is 24.9. The molecule has 210 valence electrons. The minimum Gasteiger partial charge on any atom is -0.392 e. The molecule has 4 unspecified atom stereocenters. The Labute approximate surface area is 236 Å². The van der Waals surface area contributed by atoms with E-state index in [1.54, 1.807) is 0 Å². The van der Waals surface area contributed by atoms with E-state index in [0.29, 0.717) is 29.9 Å². The summed E-state index contributed by atoms with van der Waals surface area (Å²) in [5, 5.41) is 14.8. The van der Waals surface area contributed by atoms with Crippen molar-refractivity contribution in [3.8, 4) is 11.3 Å². The number of rotatable bonds is 8. The van der Waals surface area contributed by atoms with E-state index in [-0.39, 0.29) is 34.7 Å². The predicted octanol–water partition coefficient (Wildman–Crippen LogP) is 4.49. The van der Waals surface area contributed by atoms with E-state index in [1.165, 1.54) is 35.4 Å². The molecule has 1 aliphatic heterocycles. The Kier molecular flexibility index (Phi) is 5.53. The summed E-state index contributed by atoms with van der Waals surface area (Å²) in [6.45, 7) is 0. The van der Waals surface area contributed by atoms with Crippen LogP contribution in [0.3, 0.4) is 0 Å². The molecule has 2 heterocycles. The summed E-state index contributed by atoms with van der Waals surface area (Å²) in [4.78, 5) is 29.1. The fraction of sp³-hybridized carbons (Fsp3) is 0.406. The second kappa shape index (κ2) is 9.09. The van der Waals surface area contributed by atoms with Crippen LogP contribution in [0, 0.1) is 29.0 Å². The van der Waals surface area contributed by atoms with E-state index in [4.69, 9.17) is 0 Å². The molecule has 0 saturated heterocycles. The van der Waals surface area contributed by atoms with Crippen LogP contribution in [-0.4, -0.2) is 26.8 Å². The number of anilines is 3. The molecule has 9 rings (SSSR count). The number of halogens is 1. The van der Waals surface area contributed by atoms with Crippen LogP contribution in [-0.2, 0) is 0 Å². The number of fused-ring (bicyclic) bond motifs is 3. The Morgan fingerprint density at radius 2 is 1.73 bits per heavy atom. The van der Waals surface area contributed by atoms with Gasteiger partial charge in [-0.25, -0.2) is 14.8 Å². The Balaban J connectivity index is 0.977. The number of benzene rings is 2. The smallest absolute Gasteiger partial charge is 0.254 e. The standard InChI is InChI=1S/C32H32FN5O3/c33-20-5-7-21(8-6-20)35-28-29(31(41)30(28)40)37-36-27-18-9-17-10-19(27)14-32(12-17,13-18)26(39)11-24-22-3-1-2-4-23(22)25-15-34-16-38(24)25/h1-8,15-19,24,26-27,35-37,39H,9-14H2. The molecule has 9 heteroatoms. The average molecular weight is 554 g/mol. The van der Waals surface area contributed by atoms with Crippen molar-refractivity contribution in [2.75, 3.05) is 10.7 Å². The van der Waals surface area contributed by atoms with Crippen LogP contribution in [0.2, 0.25) is 0 Å². The number of nitrogens with one attached hydrogen (secondary N) is 3. The monoisotopic (exact) mass is 553 g/mol. The van der Waals surface area contributed by atoms with Crippen molar-refractivity contribution in [3.05, 3.63) is 92.9 Å². The average Bonchev–Trinajstić information content (AvgIpc) is 3.56. The lowest BCUT2D eigenvalue weighted by atomic mass is 9.46. The minimum absolute atomic E-state index is 0.0865. The van der Waals surface area contributed by atoms with E-state index >= 15 is 0 Å². The molecule has 4 aliphatic carbocycles. The molecule has 0 spiro atoms. The molecule has 4 N–H and O–H groups in total. The van der Waals surface area contributed by atoms with Gasteiger partial charge in [-0.3, -0.25) is 9.59 Å². The highest BCUT2D eigenvalue weighted by molar-refractivity contribution is 5.78. The topological polar surface area (TPSA) is 108 Å². The van der Waals surface area contributed by atoms with Crippen molar-refractivity contribution in [1.29, 1.82) is 0 Å². The van der Waals surface area contributed by atoms with Gasteiger partial charge < -0.3 is 20.4 Å². The Morgan fingerprint density at radius 3 is 2.51 bits per heavy atom. The van der Waals surface area contributed by atoms with Crippen LogP contribution in [0.1, 0.15) is 50.1 Å². The van der Waals surface area contributed by atoms with Crippen molar-refractivity contribution in [2.45, 2.75) is 56.7 Å². The Morgan fingerprint density at radius 1 is 1.00 bits per heavy atom. The minimum atomic E-state index is -0.583. The van der Waals surface area contributed by atoms with Gasteiger partial charge in [0.1, 0.15) is 17.2 Å². The maximum absolute atomic E-state index is 13.3. The largest absolute Gasteiger partial charge is 0.392 e. The van der Waals surface area contributed by atoms with E-state index in [0.717, 1.165) is 37.8 Å². The Hall–Kier alpha value is -3.82. The lowest BCUT2D eigenvalue weighted by molar-refractivity contribution is -0.136. The number of hydrogen-bond acceptors (Lipinski definition) is 7. The molecular formula is C32H32FN5O3. The molecule has 4 fully saturated rings. The highest BCUT2D eigenvalue weighted by atomic mass is 19.1. The van der Waals surface area contributed by atoms with Crippen LogP contribution in [0.25, 0.3) is 11.3 Å². The summed E-state index contributed by atoms with van der Waals surface area (Å²) in [7, 11) is 0. The third kappa shape index (κ3) is 3.82. The van der Waals surface area contributed by atoms with Gasteiger partial charge in [0.2, 0.25) is 0 Å². The molecule has 1 aromatic heterocycles. The number of aromatic nitrogens is 2. The number of hydrazine groups is 1. The van der Waals surface area contributed by atoms with Gasteiger partial charge in [-0.2, -0.15) is 0 Å². The summed E-state index contributed by atoms with van der Waals surface area (Å²) in [6.07, 6.45) is 9.21. The molecule has 4 aromatic rings. The fourth-order valence-electron chi connectivity index (χ4n) is 8.83. The first-order valence-electron chi connectivity index (χ1n) is 14.6. The normalized spacial score (nSPS) is 29.9. The molecule has 3 aromatic carbocycles. The van der Waals surface area contributed by atoms with Crippen molar-refractivity contribution >= 4 is 17.1 Å². The number of hydrogen-bond donors (Lipinski definition) is 4. The fourth-order valence-corrected chi connectivity index (χ4v) is 8.83.